The first kappa shape index (κ1) is 18.5. The molecule has 1 amide bonds. The van der Waals surface area contributed by atoms with E-state index in [0.717, 1.165) is 11.3 Å². The number of fused-ring (bicyclic) bond motifs is 1. The van der Waals surface area contributed by atoms with Crippen LogP contribution in [-0.2, 0) is 21.1 Å². The van der Waals surface area contributed by atoms with Crippen molar-refractivity contribution in [2.24, 2.45) is 4.99 Å². The van der Waals surface area contributed by atoms with Gasteiger partial charge in [-0.25, -0.2) is 8.42 Å². The molecule has 0 saturated carbocycles. The molecule has 5 nitrogen and oxygen atoms in total. The predicted octanol–water partition coefficient (Wildman–Crippen LogP) is 3.18. The van der Waals surface area contributed by atoms with E-state index in [4.69, 9.17) is 11.6 Å². The number of sulfone groups is 1. The molecule has 2 aromatic carbocycles. The maximum absolute atomic E-state index is 12.5. The lowest BCUT2D eigenvalue weighted by Crippen LogP contribution is -2.37. The standard InChI is InChI=1S/C19H17ClN2O3S2/c20-14-6-8-15(9-7-14)22-16-11-27(24,25)12-17(16)26-19(22)21-18(23)10-13-4-2-1-3-5-13/h1-9,16-17H,10-12H2/t16-,17-/m0/s1. The minimum Gasteiger partial charge on any atom is -0.316 e. The van der Waals surface area contributed by atoms with E-state index in [1.165, 1.54) is 11.8 Å². The number of benzene rings is 2. The van der Waals surface area contributed by atoms with Gasteiger partial charge in [0.15, 0.2) is 15.0 Å². The van der Waals surface area contributed by atoms with Gasteiger partial charge in [0.05, 0.1) is 24.0 Å². The fourth-order valence-corrected chi connectivity index (χ4v) is 7.44. The molecular weight excluding hydrogens is 404 g/mol. The van der Waals surface area contributed by atoms with Crippen LogP contribution in [-0.4, -0.2) is 42.3 Å². The van der Waals surface area contributed by atoms with Crippen molar-refractivity contribution in [2.45, 2.75) is 17.7 Å². The summed E-state index contributed by atoms with van der Waals surface area (Å²) in [7, 11) is -3.08. The van der Waals surface area contributed by atoms with Gasteiger partial charge in [-0.1, -0.05) is 53.7 Å². The third-order valence-corrected chi connectivity index (χ3v) is 8.05. The molecule has 2 aliphatic rings. The van der Waals surface area contributed by atoms with Crippen molar-refractivity contribution in [3.8, 4) is 0 Å². The number of carbonyl (C=O) groups is 1. The SMILES string of the molecule is O=C(Cc1ccccc1)N=C1S[C@H]2CS(=O)(=O)C[C@@H]2N1c1ccc(Cl)cc1. The molecule has 0 bridgehead atoms. The van der Waals surface area contributed by atoms with E-state index in [0.29, 0.717) is 10.2 Å². The Hall–Kier alpha value is -1.83. The first-order valence-corrected chi connectivity index (χ1v) is 11.6. The van der Waals surface area contributed by atoms with Crippen LogP contribution in [0.4, 0.5) is 5.69 Å². The highest BCUT2D eigenvalue weighted by molar-refractivity contribution is 8.16. The highest BCUT2D eigenvalue weighted by Gasteiger charge is 2.49. The molecule has 4 rings (SSSR count). The van der Waals surface area contributed by atoms with Gasteiger partial charge >= 0.3 is 0 Å². The number of hydrogen-bond acceptors (Lipinski definition) is 4. The number of carbonyl (C=O) groups excluding carboxylic acids is 1. The Labute approximate surface area is 167 Å². The Bertz CT molecular complexity index is 991. The number of anilines is 1. The van der Waals surface area contributed by atoms with Crippen molar-refractivity contribution in [3.63, 3.8) is 0 Å². The second kappa shape index (κ2) is 7.30. The molecule has 2 heterocycles. The summed E-state index contributed by atoms with van der Waals surface area (Å²) in [4.78, 5) is 18.7. The summed E-state index contributed by atoms with van der Waals surface area (Å²) in [6.07, 6.45) is 0.215. The second-order valence-corrected chi connectivity index (χ2v) is 10.4. The molecule has 0 aromatic heterocycles. The molecule has 0 unspecified atom stereocenters. The number of amides is 1. The summed E-state index contributed by atoms with van der Waals surface area (Å²) in [6.45, 7) is 0. The number of hydrogen-bond donors (Lipinski definition) is 0. The minimum absolute atomic E-state index is 0.0686. The number of halogens is 1. The smallest absolute Gasteiger partial charge is 0.252 e. The third-order valence-electron chi connectivity index (χ3n) is 4.59. The molecule has 0 N–H and O–H groups in total. The molecular formula is C19H17ClN2O3S2. The first-order chi connectivity index (χ1) is 12.9. The van der Waals surface area contributed by atoms with Crippen LogP contribution in [0.25, 0.3) is 0 Å². The largest absolute Gasteiger partial charge is 0.316 e. The van der Waals surface area contributed by atoms with Crippen molar-refractivity contribution >= 4 is 50.0 Å². The Kier molecular flexibility index (Phi) is 5.01. The molecule has 0 radical (unpaired) electrons. The monoisotopic (exact) mass is 420 g/mol. The van der Waals surface area contributed by atoms with E-state index < -0.39 is 9.84 Å². The maximum Gasteiger partial charge on any atom is 0.252 e. The normalized spacial score (nSPS) is 24.9. The summed E-state index contributed by atoms with van der Waals surface area (Å²) in [6, 6.07) is 16.4. The third kappa shape index (κ3) is 4.05. The summed E-state index contributed by atoms with van der Waals surface area (Å²) in [5.74, 6) is -0.0668. The number of thioether (sulfide) groups is 1. The number of aliphatic imine (C=N–C) groups is 1. The van der Waals surface area contributed by atoms with Crippen molar-refractivity contribution in [1.82, 2.24) is 0 Å². The lowest BCUT2D eigenvalue weighted by atomic mass is 10.1. The van der Waals surface area contributed by atoms with Crippen molar-refractivity contribution < 1.29 is 13.2 Å². The fourth-order valence-electron chi connectivity index (χ4n) is 3.38. The molecule has 0 aliphatic carbocycles. The average Bonchev–Trinajstić information content (AvgIpc) is 3.07. The Morgan fingerprint density at radius 3 is 2.52 bits per heavy atom. The molecule has 2 aromatic rings. The van der Waals surface area contributed by atoms with E-state index in [1.54, 1.807) is 12.1 Å². The molecule has 0 spiro atoms. The van der Waals surface area contributed by atoms with Crippen LogP contribution >= 0.6 is 23.4 Å². The van der Waals surface area contributed by atoms with E-state index in [2.05, 4.69) is 4.99 Å². The van der Waals surface area contributed by atoms with Crippen LogP contribution in [0.15, 0.2) is 59.6 Å². The van der Waals surface area contributed by atoms with Crippen LogP contribution in [0.1, 0.15) is 5.56 Å². The van der Waals surface area contributed by atoms with Crippen molar-refractivity contribution in [1.29, 1.82) is 0 Å². The highest BCUT2D eigenvalue weighted by atomic mass is 35.5. The molecule has 2 saturated heterocycles. The summed E-state index contributed by atoms with van der Waals surface area (Å²) in [5.41, 5.74) is 1.69. The summed E-state index contributed by atoms with van der Waals surface area (Å²) in [5, 5.41) is 1.04. The van der Waals surface area contributed by atoms with Crippen molar-refractivity contribution in [3.05, 3.63) is 65.2 Å². The van der Waals surface area contributed by atoms with Crippen LogP contribution in [0.5, 0.6) is 0 Å². The summed E-state index contributed by atoms with van der Waals surface area (Å²) >= 11 is 7.35. The molecule has 2 fully saturated rings. The maximum atomic E-state index is 12.5. The number of rotatable bonds is 3. The van der Waals surface area contributed by atoms with Gasteiger partial charge in [-0.2, -0.15) is 4.99 Å². The average molecular weight is 421 g/mol. The zero-order chi connectivity index (χ0) is 19.0. The van der Waals surface area contributed by atoms with E-state index >= 15 is 0 Å². The Morgan fingerprint density at radius 2 is 1.81 bits per heavy atom. The van der Waals surface area contributed by atoms with Crippen LogP contribution < -0.4 is 4.90 Å². The molecule has 140 valence electrons. The van der Waals surface area contributed by atoms with Crippen LogP contribution in [0.3, 0.4) is 0 Å². The molecule has 8 heteroatoms. The fraction of sp³-hybridized carbons (Fsp3) is 0.263. The zero-order valence-corrected chi connectivity index (χ0v) is 16.7. The van der Waals surface area contributed by atoms with Gasteiger partial charge < -0.3 is 4.90 Å². The van der Waals surface area contributed by atoms with Gasteiger partial charge in [0.1, 0.15) is 0 Å². The highest BCUT2D eigenvalue weighted by Crippen LogP contribution is 2.41. The van der Waals surface area contributed by atoms with Crippen molar-refractivity contribution in [2.75, 3.05) is 16.4 Å². The Balaban J connectivity index is 1.64. The lowest BCUT2D eigenvalue weighted by molar-refractivity contribution is -0.117. The first-order valence-electron chi connectivity index (χ1n) is 8.49. The van der Waals surface area contributed by atoms with Gasteiger partial charge in [-0.3, -0.25) is 4.79 Å². The quantitative estimate of drug-likeness (QED) is 0.762. The predicted molar refractivity (Wildman–Crippen MR) is 110 cm³/mol. The topological polar surface area (TPSA) is 66.8 Å². The lowest BCUT2D eigenvalue weighted by Gasteiger charge is -2.24. The molecule has 27 heavy (non-hydrogen) atoms. The van der Waals surface area contributed by atoms with Gasteiger partial charge in [0.25, 0.3) is 5.91 Å². The van der Waals surface area contributed by atoms with Gasteiger partial charge in [0.2, 0.25) is 0 Å². The van der Waals surface area contributed by atoms with Gasteiger partial charge in [0, 0.05) is 16.0 Å². The van der Waals surface area contributed by atoms with Crippen LogP contribution in [0, 0.1) is 0 Å². The summed E-state index contributed by atoms with van der Waals surface area (Å²) < 4.78 is 24.2. The minimum atomic E-state index is -3.08. The molecule has 2 atom stereocenters. The van der Waals surface area contributed by atoms with E-state index in [-0.39, 0.29) is 35.1 Å². The number of amidine groups is 1. The second-order valence-electron chi connectivity index (χ2n) is 6.60. The van der Waals surface area contributed by atoms with Gasteiger partial charge in [-0.15, -0.1) is 0 Å². The van der Waals surface area contributed by atoms with Crippen LogP contribution in [0.2, 0.25) is 5.02 Å². The molecule has 2 aliphatic heterocycles. The van der Waals surface area contributed by atoms with Gasteiger partial charge in [-0.05, 0) is 29.8 Å². The zero-order valence-electron chi connectivity index (χ0n) is 14.3. The van der Waals surface area contributed by atoms with E-state index in [1.807, 2.05) is 47.4 Å². The number of nitrogens with zero attached hydrogens (tertiary/aromatic N) is 2. The Morgan fingerprint density at radius 1 is 1.11 bits per heavy atom. The van der Waals surface area contributed by atoms with E-state index in [9.17, 15) is 13.2 Å².